The minimum Gasteiger partial charge on any atom is -0.383 e. The number of rotatable bonds is 6. The van der Waals surface area contributed by atoms with Crippen LogP contribution in [-0.2, 0) is 17.8 Å². The highest BCUT2D eigenvalue weighted by Crippen LogP contribution is 2.23. The summed E-state index contributed by atoms with van der Waals surface area (Å²) in [4.78, 5) is 33.1. The maximum Gasteiger partial charge on any atom is 0.251 e. The summed E-state index contributed by atoms with van der Waals surface area (Å²) in [5.41, 5.74) is 8.37. The maximum atomic E-state index is 12.4. The molecule has 138 valence electrons. The molecule has 0 aliphatic carbocycles. The van der Waals surface area contributed by atoms with Crippen molar-refractivity contribution in [3.8, 4) is 11.4 Å². The lowest BCUT2D eigenvalue weighted by Crippen LogP contribution is -2.42. The first kappa shape index (κ1) is 18.5. The Morgan fingerprint density at radius 2 is 2.12 bits per heavy atom. The average molecular weight is 374 g/mol. The molecule has 1 unspecified atom stereocenters. The van der Waals surface area contributed by atoms with Crippen molar-refractivity contribution in [1.82, 2.24) is 14.9 Å². The molecule has 3 rings (SSSR count). The fourth-order valence-electron chi connectivity index (χ4n) is 2.97. The van der Waals surface area contributed by atoms with Crippen LogP contribution in [0.1, 0.15) is 28.2 Å². The summed E-state index contributed by atoms with van der Waals surface area (Å²) in [6.45, 7) is 0.962. The molecule has 1 aliphatic heterocycles. The number of aliphatic hydroxyl groups excluding tert-OH is 1. The second-order valence-electron chi connectivity index (χ2n) is 6.26. The van der Waals surface area contributed by atoms with Gasteiger partial charge in [-0.15, -0.1) is 0 Å². The van der Waals surface area contributed by atoms with Crippen LogP contribution < -0.4 is 5.73 Å². The molecule has 0 bridgehead atoms. The second kappa shape index (κ2) is 7.92. The lowest BCUT2D eigenvalue weighted by atomic mass is 10.1. The van der Waals surface area contributed by atoms with Gasteiger partial charge in [0.15, 0.2) is 0 Å². The molecule has 1 aliphatic rings. The van der Waals surface area contributed by atoms with Crippen LogP contribution in [0.4, 0.5) is 0 Å². The van der Waals surface area contributed by atoms with Gasteiger partial charge in [-0.2, -0.15) is 11.8 Å². The third-order valence-corrected chi connectivity index (χ3v) is 5.11. The van der Waals surface area contributed by atoms with E-state index < -0.39 is 12.0 Å². The zero-order valence-electron chi connectivity index (χ0n) is 14.6. The van der Waals surface area contributed by atoms with Crippen LogP contribution in [0.3, 0.4) is 0 Å². The topological polar surface area (TPSA) is 112 Å². The van der Waals surface area contributed by atoms with Gasteiger partial charge in [0, 0.05) is 24.1 Å². The van der Waals surface area contributed by atoms with Gasteiger partial charge in [-0.1, -0.05) is 12.1 Å². The number of carbonyl (C=O) groups is 2. The highest BCUT2D eigenvalue weighted by molar-refractivity contribution is 7.98. The van der Waals surface area contributed by atoms with Crippen LogP contribution in [0.15, 0.2) is 24.3 Å². The first-order chi connectivity index (χ1) is 12.5. The van der Waals surface area contributed by atoms with Gasteiger partial charge in [0.25, 0.3) is 5.91 Å². The van der Waals surface area contributed by atoms with Crippen molar-refractivity contribution in [1.29, 1.82) is 0 Å². The molecule has 7 nitrogen and oxygen atoms in total. The van der Waals surface area contributed by atoms with Crippen molar-refractivity contribution < 1.29 is 14.7 Å². The smallest absolute Gasteiger partial charge is 0.251 e. The van der Waals surface area contributed by atoms with Gasteiger partial charge >= 0.3 is 0 Å². The quantitative estimate of drug-likeness (QED) is 0.703. The summed E-state index contributed by atoms with van der Waals surface area (Å²) < 4.78 is 0. The van der Waals surface area contributed by atoms with Crippen LogP contribution in [0.25, 0.3) is 11.4 Å². The molecular weight excluding hydrogens is 352 g/mol. The number of nitrogens with two attached hydrogens (primary N) is 1. The van der Waals surface area contributed by atoms with Crippen molar-refractivity contribution in [2.75, 3.05) is 18.6 Å². The minimum absolute atomic E-state index is 0.230. The first-order valence-corrected chi connectivity index (χ1v) is 9.82. The Labute approximate surface area is 156 Å². The maximum absolute atomic E-state index is 12.4. The Morgan fingerprint density at radius 1 is 1.38 bits per heavy atom. The van der Waals surface area contributed by atoms with Crippen molar-refractivity contribution >= 4 is 23.6 Å². The van der Waals surface area contributed by atoms with Crippen LogP contribution >= 0.6 is 11.8 Å². The largest absolute Gasteiger partial charge is 0.383 e. The molecular formula is C18H22N4O3S. The molecule has 0 saturated carbocycles. The summed E-state index contributed by atoms with van der Waals surface area (Å²) in [5, 5.41) is 10.0. The monoisotopic (exact) mass is 374 g/mol. The standard InChI is InChI=1S/C18H22N4O3S/c1-26-9-7-15(23)18(25)22-8-6-13-14(10-22)21-17(20-13)12-4-2-11(3-5-12)16(19)24/h2-5,15,23H,6-10H2,1H3,(H2,19,24)(H,20,21). The number of imidazole rings is 1. The molecule has 2 heterocycles. The Hall–Kier alpha value is -2.32. The SMILES string of the molecule is CSCCC(O)C(=O)N1CCc2nc(-c3ccc(C(N)=O)cc3)[nH]c2C1. The number of aromatic nitrogens is 2. The van der Waals surface area contributed by atoms with Crippen molar-refractivity contribution in [2.24, 2.45) is 5.73 Å². The van der Waals surface area contributed by atoms with E-state index in [0.717, 1.165) is 22.7 Å². The Bertz CT molecular complexity index is 803. The highest BCUT2D eigenvalue weighted by atomic mass is 32.2. The number of primary amides is 1. The van der Waals surface area contributed by atoms with Crippen LogP contribution in [0.2, 0.25) is 0 Å². The van der Waals surface area contributed by atoms with Gasteiger partial charge in [-0.3, -0.25) is 9.59 Å². The molecule has 2 amide bonds. The van der Waals surface area contributed by atoms with Crippen molar-refractivity contribution in [3.63, 3.8) is 0 Å². The zero-order chi connectivity index (χ0) is 18.7. The molecule has 0 fully saturated rings. The van der Waals surface area contributed by atoms with E-state index in [-0.39, 0.29) is 5.91 Å². The summed E-state index contributed by atoms with van der Waals surface area (Å²) in [5.74, 6) is 0.751. The van der Waals surface area contributed by atoms with Gasteiger partial charge in [0.2, 0.25) is 5.91 Å². The number of hydrogen-bond acceptors (Lipinski definition) is 5. The number of carbonyl (C=O) groups excluding carboxylic acids is 2. The number of fused-ring (bicyclic) bond motifs is 1. The summed E-state index contributed by atoms with van der Waals surface area (Å²) in [6.07, 6.45) is 2.11. The third-order valence-electron chi connectivity index (χ3n) is 4.47. The second-order valence-corrected chi connectivity index (χ2v) is 7.24. The number of aliphatic hydroxyl groups is 1. The van der Waals surface area contributed by atoms with E-state index in [0.29, 0.717) is 37.3 Å². The summed E-state index contributed by atoms with van der Waals surface area (Å²) in [7, 11) is 0. The van der Waals surface area contributed by atoms with Crippen molar-refractivity contribution in [3.05, 3.63) is 41.2 Å². The number of amides is 2. The average Bonchev–Trinajstić information content (AvgIpc) is 3.08. The Morgan fingerprint density at radius 3 is 2.77 bits per heavy atom. The molecule has 2 aromatic rings. The predicted molar refractivity (Wildman–Crippen MR) is 101 cm³/mol. The molecule has 26 heavy (non-hydrogen) atoms. The van der Waals surface area contributed by atoms with E-state index >= 15 is 0 Å². The number of nitrogens with zero attached hydrogens (tertiary/aromatic N) is 2. The zero-order valence-corrected chi connectivity index (χ0v) is 15.4. The number of benzene rings is 1. The lowest BCUT2D eigenvalue weighted by Gasteiger charge is -2.28. The number of H-pyrrole nitrogens is 1. The predicted octanol–water partition coefficient (Wildman–Crippen LogP) is 1.17. The fourth-order valence-corrected chi connectivity index (χ4v) is 3.43. The van der Waals surface area contributed by atoms with Crippen molar-refractivity contribution in [2.45, 2.75) is 25.5 Å². The summed E-state index contributed by atoms with van der Waals surface area (Å²) >= 11 is 1.61. The van der Waals surface area contributed by atoms with Crippen LogP contribution in [0.5, 0.6) is 0 Å². The number of aromatic amines is 1. The van der Waals surface area contributed by atoms with Crippen LogP contribution in [-0.4, -0.2) is 56.4 Å². The number of hydrogen-bond donors (Lipinski definition) is 3. The summed E-state index contributed by atoms with van der Waals surface area (Å²) in [6, 6.07) is 6.91. The molecule has 4 N–H and O–H groups in total. The minimum atomic E-state index is -0.951. The normalized spacial score (nSPS) is 14.8. The van der Waals surface area contributed by atoms with Gasteiger partial charge in [0.1, 0.15) is 11.9 Å². The fraction of sp³-hybridized carbons (Fsp3) is 0.389. The van der Waals surface area contributed by atoms with E-state index in [1.807, 2.05) is 6.26 Å². The van der Waals surface area contributed by atoms with Gasteiger partial charge in [-0.25, -0.2) is 4.98 Å². The highest BCUT2D eigenvalue weighted by Gasteiger charge is 2.27. The van der Waals surface area contributed by atoms with E-state index in [2.05, 4.69) is 9.97 Å². The Balaban J connectivity index is 1.72. The molecule has 1 aromatic heterocycles. The van der Waals surface area contributed by atoms with E-state index in [4.69, 9.17) is 5.73 Å². The lowest BCUT2D eigenvalue weighted by molar-refractivity contribution is -0.141. The molecule has 0 radical (unpaired) electrons. The molecule has 1 aromatic carbocycles. The van der Waals surface area contributed by atoms with E-state index in [1.165, 1.54) is 0 Å². The molecule has 1 atom stereocenters. The number of nitrogens with one attached hydrogen (secondary N) is 1. The molecule has 8 heteroatoms. The van der Waals surface area contributed by atoms with Crippen LogP contribution in [0, 0.1) is 0 Å². The number of thioether (sulfide) groups is 1. The molecule has 0 saturated heterocycles. The van der Waals surface area contributed by atoms with E-state index in [1.54, 1.807) is 40.9 Å². The van der Waals surface area contributed by atoms with E-state index in [9.17, 15) is 14.7 Å². The Kier molecular flexibility index (Phi) is 5.63. The van der Waals surface area contributed by atoms with Gasteiger partial charge in [-0.05, 0) is 30.6 Å². The van der Waals surface area contributed by atoms with Gasteiger partial charge in [0.05, 0.1) is 17.9 Å². The first-order valence-electron chi connectivity index (χ1n) is 8.43. The third kappa shape index (κ3) is 3.91. The molecule has 0 spiro atoms. The van der Waals surface area contributed by atoms with Gasteiger partial charge < -0.3 is 20.7 Å².